The summed E-state index contributed by atoms with van der Waals surface area (Å²) in [5, 5.41) is 2.35. The van der Waals surface area contributed by atoms with Crippen LogP contribution < -0.4 is 11.1 Å². The van der Waals surface area contributed by atoms with Gasteiger partial charge in [-0.3, -0.25) is 9.59 Å². The van der Waals surface area contributed by atoms with E-state index in [0.717, 1.165) is 49.3 Å². The Kier molecular flexibility index (Phi) is 12.9. The number of nitrogens with one attached hydrogen (secondary N) is 1. The summed E-state index contributed by atoms with van der Waals surface area (Å²) >= 11 is 1.09. The molecule has 0 fully saturated rings. The van der Waals surface area contributed by atoms with Gasteiger partial charge in [0.2, 0.25) is 11.8 Å². The number of carbonyl (C=O) groups excluding carboxylic acids is 2. The number of primary amides is 1. The van der Waals surface area contributed by atoms with E-state index >= 15 is 0 Å². The first kappa shape index (κ1) is 27.5. The first-order valence-electron chi connectivity index (χ1n) is 9.66. The van der Waals surface area contributed by atoms with Crippen molar-refractivity contribution in [2.24, 2.45) is 5.73 Å². The number of hydrogen-bond donors (Lipinski definition) is 2. The monoisotopic (exact) mass is 444 g/mol. The Morgan fingerprint density at radius 1 is 0.966 bits per heavy atom. The number of thioether (sulfide) groups is 1. The maximum absolute atomic E-state index is 12.1. The summed E-state index contributed by atoms with van der Waals surface area (Å²) in [5.74, 6) is -0.949. The van der Waals surface area contributed by atoms with E-state index in [1.807, 2.05) is 13.0 Å². The van der Waals surface area contributed by atoms with Crippen LogP contribution in [0.1, 0.15) is 60.3 Å². The van der Waals surface area contributed by atoms with Crippen LogP contribution in [0.15, 0.2) is 34.9 Å². The third-order valence-electron chi connectivity index (χ3n) is 4.17. The molecule has 0 radical (unpaired) electrons. The van der Waals surface area contributed by atoms with E-state index < -0.39 is 32.3 Å². The summed E-state index contributed by atoms with van der Waals surface area (Å²) in [7, 11) is -3.59. The molecule has 0 bridgehead atoms. The topological polar surface area (TPSA) is 106 Å². The van der Waals surface area contributed by atoms with Crippen LogP contribution >= 0.6 is 11.8 Å². The highest BCUT2D eigenvalue weighted by molar-refractivity contribution is 8.13. The van der Waals surface area contributed by atoms with E-state index in [1.54, 1.807) is 0 Å². The van der Waals surface area contributed by atoms with Crippen LogP contribution in [0.5, 0.6) is 0 Å². The molecule has 0 rings (SSSR count). The standard InChI is InChI=1S/C21H36N2O4S2/c1-15(2)9-7-10-16(3)11-8-12-17(4)13-14-28-21(29(6,26)27)19(20(22)25)23-18(5)24/h9,11,13,19,21H,7-8,10,12,14H2,1-6H3,(H2,22,25)(H,23,24). The number of amides is 2. The lowest BCUT2D eigenvalue weighted by Crippen LogP contribution is -2.52. The second-order valence-corrected chi connectivity index (χ2v) is 11.2. The molecule has 29 heavy (non-hydrogen) atoms. The number of nitrogens with two attached hydrogens (primary N) is 1. The van der Waals surface area contributed by atoms with Crippen LogP contribution in [0.2, 0.25) is 0 Å². The quantitative estimate of drug-likeness (QED) is 0.423. The van der Waals surface area contributed by atoms with E-state index in [-0.39, 0.29) is 0 Å². The molecule has 0 heterocycles. The molecule has 166 valence electrons. The molecule has 2 amide bonds. The van der Waals surface area contributed by atoms with Crippen molar-refractivity contribution in [3.63, 3.8) is 0 Å². The maximum atomic E-state index is 12.1. The van der Waals surface area contributed by atoms with Crippen molar-refractivity contribution in [3.8, 4) is 0 Å². The molecule has 3 N–H and O–H groups in total. The van der Waals surface area contributed by atoms with Gasteiger partial charge in [0, 0.05) is 18.9 Å². The van der Waals surface area contributed by atoms with Gasteiger partial charge in [-0.2, -0.15) is 0 Å². The third kappa shape index (κ3) is 13.3. The highest BCUT2D eigenvalue weighted by atomic mass is 32.3. The van der Waals surface area contributed by atoms with Gasteiger partial charge in [-0.25, -0.2) is 8.42 Å². The van der Waals surface area contributed by atoms with Gasteiger partial charge in [0.05, 0.1) is 0 Å². The van der Waals surface area contributed by atoms with Crippen molar-refractivity contribution in [1.29, 1.82) is 0 Å². The van der Waals surface area contributed by atoms with Crippen molar-refractivity contribution in [2.45, 2.75) is 70.9 Å². The van der Waals surface area contributed by atoms with Crippen LogP contribution in [-0.2, 0) is 19.4 Å². The van der Waals surface area contributed by atoms with Gasteiger partial charge in [-0.05, 0) is 53.4 Å². The predicted octanol–water partition coefficient (Wildman–Crippen LogP) is 3.50. The summed E-state index contributed by atoms with van der Waals surface area (Å²) in [4.78, 5) is 22.9. The molecule has 0 aliphatic carbocycles. The number of allylic oxidation sites excluding steroid dienone is 5. The van der Waals surface area contributed by atoms with Gasteiger partial charge in [0.15, 0.2) is 9.84 Å². The molecule has 6 nitrogen and oxygen atoms in total. The molecule has 2 atom stereocenters. The summed E-state index contributed by atoms with van der Waals surface area (Å²) in [5.41, 5.74) is 9.14. The Labute approximate surface area is 180 Å². The second-order valence-electron chi connectivity index (χ2n) is 7.57. The molecule has 0 aromatic carbocycles. The molecular weight excluding hydrogens is 408 g/mol. The van der Waals surface area contributed by atoms with E-state index in [0.29, 0.717) is 5.75 Å². The molecular formula is C21H36N2O4S2. The van der Waals surface area contributed by atoms with Gasteiger partial charge in [-0.1, -0.05) is 34.9 Å². The smallest absolute Gasteiger partial charge is 0.242 e. The SMILES string of the molecule is CC(=O)NC(C(N)=O)C(SCC=C(C)CCC=C(C)CCC=C(C)C)S(C)(=O)=O. The molecule has 8 heteroatoms. The van der Waals surface area contributed by atoms with E-state index in [1.165, 1.54) is 18.1 Å². The number of carbonyl (C=O) groups is 2. The van der Waals surface area contributed by atoms with Gasteiger partial charge in [0.1, 0.15) is 10.6 Å². The van der Waals surface area contributed by atoms with Crippen LogP contribution in [0.25, 0.3) is 0 Å². The molecule has 0 aromatic heterocycles. The van der Waals surface area contributed by atoms with Crippen molar-refractivity contribution in [2.75, 3.05) is 12.0 Å². The molecule has 0 saturated heterocycles. The van der Waals surface area contributed by atoms with E-state index in [4.69, 9.17) is 5.73 Å². The number of hydrogen-bond acceptors (Lipinski definition) is 5. The summed E-state index contributed by atoms with van der Waals surface area (Å²) < 4.78 is 23.1. The first-order chi connectivity index (χ1) is 13.3. The van der Waals surface area contributed by atoms with Gasteiger partial charge >= 0.3 is 0 Å². The minimum Gasteiger partial charge on any atom is -0.368 e. The lowest BCUT2D eigenvalue weighted by atomic mass is 10.1. The molecule has 0 aliphatic rings. The summed E-state index contributed by atoms with van der Waals surface area (Å²) in [6.07, 6.45) is 11.4. The van der Waals surface area contributed by atoms with Crippen molar-refractivity contribution in [1.82, 2.24) is 5.32 Å². The fourth-order valence-corrected chi connectivity index (χ4v) is 5.47. The Morgan fingerprint density at radius 3 is 1.93 bits per heavy atom. The van der Waals surface area contributed by atoms with Crippen LogP contribution in [0.3, 0.4) is 0 Å². The number of rotatable bonds is 13. The molecule has 0 aromatic rings. The lowest BCUT2D eigenvalue weighted by molar-refractivity contribution is -0.125. The largest absolute Gasteiger partial charge is 0.368 e. The molecule has 0 spiro atoms. The van der Waals surface area contributed by atoms with Crippen molar-refractivity contribution >= 4 is 33.4 Å². The lowest BCUT2D eigenvalue weighted by Gasteiger charge is -2.23. The third-order valence-corrected chi connectivity index (χ3v) is 7.71. The first-order valence-corrected chi connectivity index (χ1v) is 12.7. The van der Waals surface area contributed by atoms with E-state index in [2.05, 4.69) is 38.2 Å². The minimum absolute atomic E-state index is 0.413. The van der Waals surface area contributed by atoms with Crippen LogP contribution in [-0.4, -0.2) is 42.9 Å². The highest BCUT2D eigenvalue weighted by Crippen LogP contribution is 2.22. The average molecular weight is 445 g/mol. The van der Waals surface area contributed by atoms with Gasteiger partial charge in [0.25, 0.3) is 0 Å². The fourth-order valence-electron chi connectivity index (χ4n) is 2.58. The highest BCUT2D eigenvalue weighted by Gasteiger charge is 2.35. The van der Waals surface area contributed by atoms with Gasteiger partial charge in [-0.15, -0.1) is 11.8 Å². The van der Waals surface area contributed by atoms with Gasteiger partial charge < -0.3 is 11.1 Å². The molecule has 0 aliphatic heterocycles. The molecule has 2 unspecified atom stereocenters. The van der Waals surface area contributed by atoms with E-state index in [9.17, 15) is 18.0 Å². The van der Waals surface area contributed by atoms with Crippen molar-refractivity contribution in [3.05, 3.63) is 34.9 Å². The Hall–Kier alpha value is -1.54. The predicted molar refractivity (Wildman–Crippen MR) is 123 cm³/mol. The summed E-state index contributed by atoms with van der Waals surface area (Å²) in [6.45, 7) is 9.56. The van der Waals surface area contributed by atoms with Crippen LogP contribution in [0.4, 0.5) is 0 Å². The van der Waals surface area contributed by atoms with Crippen molar-refractivity contribution < 1.29 is 18.0 Å². The fraction of sp³-hybridized carbons (Fsp3) is 0.619. The zero-order valence-corrected chi connectivity index (χ0v) is 20.1. The average Bonchev–Trinajstić information content (AvgIpc) is 2.55. The number of sulfone groups is 1. The maximum Gasteiger partial charge on any atom is 0.242 e. The Bertz CT molecular complexity index is 749. The second kappa shape index (κ2) is 13.6. The Balaban J connectivity index is 4.78. The zero-order valence-electron chi connectivity index (χ0n) is 18.4. The minimum atomic E-state index is -3.59. The normalized spacial score (nSPS) is 14.8. The molecule has 0 saturated carbocycles. The zero-order chi connectivity index (χ0) is 22.6. The van der Waals surface area contributed by atoms with Crippen LogP contribution in [0, 0.1) is 0 Å². The summed E-state index contributed by atoms with van der Waals surface area (Å²) in [6, 6.07) is -1.26. The Morgan fingerprint density at radius 2 is 1.48 bits per heavy atom.